The molecule has 0 unspecified atom stereocenters. The summed E-state index contributed by atoms with van der Waals surface area (Å²) in [6, 6.07) is -1.06. The van der Waals surface area contributed by atoms with Gasteiger partial charge in [-0.3, -0.25) is 14.4 Å². The van der Waals surface area contributed by atoms with E-state index in [-0.39, 0.29) is 71.1 Å². The van der Waals surface area contributed by atoms with Crippen LogP contribution in [0, 0.1) is 11.8 Å². The van der Waals surface area contributed by atoms with E-state index in [1.165, 1.54) is 22.7 Å². The van der Waals surface area contributed by atoms with E-state index in [4.69, 9.17) is 20.3 Å². The second kappa shape index (κ2) is 28.5. The SMILES string of the molecule is CCCCC(C)(C)OC(=O)N[C@H]1CC[C@H](C(=O)N(C)C)C[C@H]1N.CCCCC(C)(C)OC(=O)N[C@H]1CC[C@H](C(=O)N(C)C)C[C@H]1NC(=O)c1nc2c(s1)CN(C)CC2.CN1CCc2nc(C(=O)O)sc2C1.Cl. The first-order valence-electron chi connectivity index (χ1n) is 25.4. The number of ether oxygens (including phenoxy) is 2. The van der Waals surface area contributed by atoms with Crippen molar-refractivity contribution in [2.24, 2.45) is 17.6 Å². The maximum Gasteiger partial charge on any atom is 0.407 e. The van der Waals surface area contributed by atoms with E-state index >= 15 is 0 Å². The molecule has 0 saturated heterocycles. The number of alkyl carbamates (subject to hydrolysis) is 2. The number of unbranched alkanes of at least 4 members (excludes halogenated alkanes) is 2. The Labute approximate surface area is 441 Å². The smallest absolute Gasteiger partial charge is 0.407 e. The van der Waals surface area contributed by atoms with Gasteiger partial charge in [0, 0.05) is 101 Å². The Bertz CT molecular complexity index is 2120. The maximum absolute atomic E-state index is 13.2. The van der Waals surface area contributed by atoms with Gasteiger partial charge >= 0.3 is 18.2 Å². The van der Waals surface area contributed by atoms with E-state index in [0.29, 0.717) is 37.1 Å². The summed E-state index contributed by atoms with van der Waals surface area (Å²) in [5, 5.41) is 18.3. The fraction of sp³-hybridized carbons (Fsp3) is 0.760. The lowest BCUT2D eigenvalue weighted by Gasteiger charge is -2.37. The molecule has 2 aliphatic heterocycles. The lowest BCUT2D eigenvalue weighted by atomic mass is 9.81. The van der Waals surface area contributed by atoms with Crippen LogP contribution in [0.1, 0.15) is 159 Å². The molecule has 0 aromatic carbocycles. The minimum Gasteiger partial charge on any atom is -0.476 e. The Hall–Kier alpha value is -4.15. The summed E-state index contributed by atoms with van der Waals surface area (Å²) in [6.07, 6.45) is 10.3. The molecule has 22 heteroatoms. The van der Waals surface area contributed by atoms with Gasteiger partial charge in [0.05, 0.1) is 23.5 Å². The summed E-state index contributed by atoms with van der Waals surface area (Å²) in [7, 11) is 11.1. The number of fused-ring (bicyclic) bond motifs is 2. The van der Waals surface area contributed by atoms with Crippen molar-refractivity contribution in [3.05, 3.63) is 31.2 Å². The summed E-state index contributed by atoms with van der Waals surface area (Å²) < 4.78 is 11.2. The second-order valence-electron chi connectivity index (χ2n) is 21.3. The highest BCUT2D eigenvalue weighted by molar-refractivity contribution is 7.14. The molecule has 408 valence electrons. The highest BCUT2D eigenvalue weighted by Crippen LogP contribution is 2.30. The molecule has 19 nitrogen and oxygen atoms in total. The van der Waals surface area contributed by atoms with Crippen molar-refractivity contribution in [1.29, 1.82) is 0 Å². The summed E-state index contributed by atoms with van der Waals surface area (Å²) in [5.41, 5.74) is 7.09. The van der Waals surface area contributed by atoms with E-state index in [1.807, 2.05) is 34.7 Å². The Balaban J connectivity index is 0.000000316. The standard InChI is InChI=1S/C25H41N5O4S.C17H33N3O3.C8H10N2O2S.ClH/c1-7-8-12-25(2,3)34-24(33)28-17-10-9-16(23(32)29(4)5)14-19(17)26-21(31)22-27-18-11-13-30(6)15-20(18)35-22;1-6-7-10-17(2,3)23-16(22)19-14-9-8-12(11-13(14)18)15(21)20(4)5;1-10-3-2-5-6(4-10)13-7(9-5)8(11)12;/h16-17,19H,7-15H2,1-6H3,(H,26,31)(H,28,33);12-14H,6-11,18H2,1-5H3,(H,19,22);2-4H2,1H3,(H,11,12);1H/t16-,17-,19+;12-,13+,14-;;/m00../s1. The first kappa shape index (κ1) is 62.1. The summed E-state index contributed by atoms with van der Waals surface area (Å²) in [5.74, 6) is -1.26. The van der Waals surface area contributed by atoms with Crippen LogP contribution in [0.5, 0.6) is 0 Å². The number of aromatic nitrogens is 2. The average molecular weight is 1070 g/mol. The van der Waals surface area contributed by atoms with E-state index in [0.717, 1.165) is 105 Å². The Morgan fingerprint density at radius 3 is 1.56 bits per heavy atom. The van der Waals surface area contributed by atoms with Gasteiger partial charge in [-0.25, -0.2) is 24.4 Å². The molecular weight excluding hydrogens is 984 g/mol. The van der Waals surface area contributed by atoms with Crippen LogP contribution in [0.3, 0.4) is 0 Å². The van der Waals surface area contributed by atoms with Crippen LogP contribution in [0.25, 0.3) is 0 Å². The molecule has 6 rings (SSSR count). The average Bonchev–Trinajstić information content (AvgIpc) is 3.93. The molecule has 2 saturated carbocycles. The number of thiazole rings is 2. The molecule has 0 spiro atoms. The molecule has 4 aliphatic rings. The minimum absolute atomic E-state index is 0. The number of carboxylic acids is 1. The number of nitrogens with two attached hydrogens (primary N) is 1. The largest absolute Gasteiger partial charge is 0.476 e. The van der Waals surface area contributed by atoms with Gasteiger partial charge in [-0.05, 0) is 106 Å². The van der Waals surface area contributed by atoms with E-state index in [1.54, 1.807) is 38.0 Å². The van der Waals surface area contributed by atoms with Crippen molar-refractivity contribution >= 4 is 71.0 Å². The van der Waals surface area contributed by atoms with Crippen molar-refractivity contribution in [3.63, 3.8) is 0 Å². The number of carbonyl (C=O) groups excluding carboxylic acids is 5. The predicted octanol–water partition coefficient (Wildman–Crippen LogP) is 6.70. The van der Waals surface area contributed by atoms with Crippen LogP contribution in [0.15, 0.2) is 0 Å². The minimum atomic E-state index is -0.915. The van der Waals surface area contributed by atoms with Crippen LogP contribution >= 0.6 is 35.1 Å². The molecule has 0 bridgehead atoms. The number of likely N-dealkylation sites (N-methyl/N-ethyl adjacent to an activating group) is 2. The van der Waals surface area contributed by atoms with Gasteiger partial charge in [0.25, 0.3) is 5.91 Å². The lowest BCUT2D eigenvalue weighted by Crippen LogP contribution is -2.56. The highest BCUT2D eigenvalue weighted by Gasteiger charge is 2.39. The van der Waals surface area contributed by atoms with Crippen molar-refractivity contribution in [1.82, 2.24) is 45.5 Å². The third-order valence-corrected chi connectivity index (χ3v) is 15.6. The molecule has 2 aromatic rings. The van der Waals surface area contributed by atoms with Crippen LogP contribution < -0.4 is 21.7 Å². The quantitative estimate of drug-likeness (QED) is 0.125. The van der Waals surface area contributed by atoms with Crippen molar-refractivity contribution in [2.75, 3.05) is 55.4 Å². The van der Waals surface area contributed by atoms with Crippen LogP contribution in [0.4, 0.5) is 9.59 Å². The Morgan fingerprint density at radius 2 is 1.11 bits per heavy atom. The number of amides is 5. The van der Waals surface area contributed by atoms with Gasteiger partial charge in [0.2, 0.25) is 16.8 Å². The van der Waals surface area contributed by atoms with E-state index in [9.17, 15) is 28.8 Å². The molecular formula is C50H85ClN10O9S2. The maximum atomic E-state index is 13.2. The number of hydrogen-bond acceptors (Lipinski definition) is 15. The van der Waals surface area contributed by atoms with Crippen LogP contribution in [-0.4, -0.2) is 161 Å². The normalized spacial score (nSPS) is 22.1. The van der Waals surface area contributed by atoms with Crippen LogP contribution in [0.2, 0.25) is 0 Å². The van der Waals surface area contributed by atoms with Crippen molar-refractivity contribution < 1.29 is 43.3 Å². The van der Waals surface area contributed by atoms with Gasteiger partial charge in [0.1, 0.15) is 11.2 Å². The molecule has 0 radical (unpaired) electrons. The fourth-order valence-electron chi connectivity index (χ4n) is 9.30. The number of rotatable bonds is 15. The number of carbonyl (C=O) groups is 6. The van der Waals surface area contributed by atoms with Crippen molar-refractivity contribution in [3.8, 4) is 0 Å². The molecule has 5 amide bonds. The zero-order valence-electron chi connectivity index (χ0n) is 44.9. The molecule has 6 N–H and O–H groups in total. The second-order valence-corrected chi connectivity index (χ2v) is 23.5. The topological polar surface area (TPSA) is 242 Å². The third kappa shape index (κ3) is 19.3. The molecule has 6 atom stereocenters. The van der Waals surface area contributed by atoms with E-state index in [2.05, 4.69) is 56.6 Å². The summed E-state index contributed by atoms with van der Waals surface area (Å²) >= 11 is 2.72. The van der Waals surface area contributed by atoms with Gasteiger partial charge in [-0.2, -0.15) is 0 Å². The summed E-state index contributed by atoms with van der Waals surface area (Å²) in [6.45, 7) is 15.4. The zero-order chi connectivity index (χ0) is 52.8. The number of nitrogens with zero attached hydrogens (tertiary/aromatic N) is 6. The van der Waals surface area contributed by atoms with Gasteiger partial charge in [-0.15, -0.1) is 35.1 Å². The predicted molar refractivity (Wildman–Crippen MR) is 284 cm³/mol. The van der Waals surface area contributed by atoms with Crippen LogP contribution in [-0.2, 0) is 45.0 Å². The van der Waals surface area contributed by atoms with Gasteiger partial charge in [-0.1, -0.05) is 26.7 Å². The van der Waals surface area contributed by atoms with Gasteiger partial charge < -0.3 is 55.9 Å². The first-order chi connectivity index (χ1) is 33.3. The number of aromatic carboxylic acids is 1. The van der Waals surface area contributed by atoms with Crippen molar-refractivity contribution in [2.45, 2.75) is 180 Å². The third-order valence-electron chi connectivity index (χ3n) is 13.5. The Kier molecular flexibility index (Phi) is 24.6. The van der Waals surface area contributed by atoms with E-state index < -0.39 is 29.4 Å². The summed E-state index contributed by atoms with van der Waals surface area (Å²) in [4.78, 5) is 91.8. The zero-order valence-corrected chi connectivity index (χ0v) is 47.3. The number of halogens is 1. The highest BCUT2D eigenvalue weighted by atomic mass is 35.5. The molecule has 2 fully saturated rings. The first-order valence-corrected chi connectivity index (χ1v) is 27.0. The monoisotopic (exact) mass is 1070 g/mol. The molecule has 2 aliphatic carbocycles. The molecule has 2 aromatic heterocycles. The number of nitrogens with one attached hydrogen (secondary N) is 3. The number of hydrogen-bond donors (Lipinski definition) is 5. The lowest BCUT2D eigenvalue weighted by molar-refractivity contribution is -0.135. The Morgan fingerprint density at radius 1 is 0.681 bits per heavy atom. The molecule has 72 heavy (non-hydrogen) atoms. The fourth-order valence-corrected chi connectivity index (χ4v) is 11.4. The van der Waals surface area contributed by atoms with Gasteiger partial charge in [0.15, 0.2) is 5.01 Å². The number of carboxylic acid groups (broad SMARTS) is 1. The molecule has 4 heterocycles.